The Hall–Kier alpha value is -0.0100. The first-order valence-corrected chi connectivity index (χ1v) is 5.59. The number of nitrogens with one attached hydrogen (secondary N) is 1. The quantitative estimate of drug-likeness (QED) is 0.737. The fourth-order valence-corrected chi connectivity index (χ4v) is 2.43. The molecule has 13 heavy (non-hydrogen) atoms. The van der Waals surface area contributed by atoms with Gasteiger partial charge in [-0.2, -0.15) is 0 Å². The van der Waals surface area contributed by atoms with Gasteiger partial charge in [-0.15, -0.1) is 0 Å². The second kappa shape index (κ2) is 5.02. The zero-order chi connectivity index (χ0) is 9.84. The van der Waals surface area contributed by atoms with Crippen LogP contribution in [0, 0.1) is 11.8 Å². The van der Waals surface area contributed by atoms with Gasteiger partial charge >= 0.3 is 0 Å². The van der Waals surface area contributed by atoms with Crippen molar-refractivity contribution in [2.24, 2.45) is 11.8 Å². The molecule has 0 amide bonds. The van der Waals surface area contributed by atoms with Crippen molar-refractivity contribution >= 4 is 11.6 Å². The van der Waals surface area contributed by atoms with Crippen LogP contribution in [0.25, 0.3) is 0 Å². The standard InChI is InChI=1S/C11H20ClN/c1-4-10-5-6-11(9(10)3)13-7-8(2)12/h9-11,13H,2,4-7H2,1,3H3. The van der Waals surface area contributed by atoms with E-state index in [9.17, 15) is 0 Å². The van der Waals surface area contributed by atoms with Crippen LogP contribution in [0.5, 0.6) is 0 Å². The Bertz CT molecular complexity index is 179. The highest BCUT2D eigenvalue weighted by Gasteiger charge is 2.30. The second-order valence-corrected chi connectivity index (χ2v) is 4.64. The van der Waals surface area contributed by atoms with E-state index >= 15 is 0 Å². The first-order chi connectivity index (χ1) is 6.15. The molecule has 2 heteroatoms. The molecular formula is C11H20ClN. The molecule has 0 bridgehead atoms. The number of halogens is 1. The first kappa shape index (κ1) is 11.1. The Kier molecular flexibility index (Phi) is 4.27. The zero-order valence-corrected chi connectivity index (χ0v) is 9.40. The Labute approximate surface area is 86.5 Å². The number of hydrogen-bond donors (Lipinski definition) is 1. The molecule has 0 heterocycles. The summed E-state index contributed by atoms with van der Waals surface area (Å²) in [6, 6.07) is 0.653. The molecule has 1 N–H and O–H groups in total. The predicted molar refractivity (Wildman–Crippen MR) is 59.0 cm³/mol. The maximum absolute atomic E-state index is 5.72. The van der Waals surface area contributed by atoms with E-state index in [1.165, 1.54) is 19.3 Å². The molecule has 1 rings (SSSR count). The molecule has 0 aromatic carbocycles. The normalized spacial score (nSPS) is 33.6. The van der Waals surface area contributed by atoms with Crippen molar-refractivity contribution in [1.82, 2.24) is 5.32 Å². The lowest BCUT2D eigenvalue weighted by Gasteiger charge is -2.20. The van der Waals surface area contributed by atoms with Gasteiger partial charge in [-0.1, -0.05) is 38.4 Å². The molecule has 0 aromatic rings. The summed E-state index contributed by atoms with van der Waals surface area (Å²) in [6.45, 7) is 9.07. The van der Waals surface area contributed by atoms with Crippen LogP contribution >= 0.6 is 11.6 Å². The van der Waals surface area contributed by atoms with Gasteiger partial charge in [0.05, 0.1) is 0 Å². The minimum atomic E-state index is 0.653. The molecule has 0 radical (unpaired) electrons. The molecule has 1 aliphatic carbocycles. The third-order valence-corrected chi connectivity index (χ3v) is 3.44. The third-order valence-electron chi connectivity index (χ3n) is 3.31. The van der Waals surface area contributed by atoms with Crippen molar-refractivity contribution in [3.63, 3.8) is 0 Å². The van der Waals surface area contributed by atoms with E-state index in [0.29, 0.717) is 11.1 Å². The van der Waals surface area contributed by atoms with Crippen molar-refractivity contribution in [2.45, 2.75) is 39.2 Å². The molecule has 0 saturated heterocycles. The molecule has 3 atom stereocenters. The summed E-state index contributed by atoms with van der Waals surface area (Å²) in [4.78, 5) is 0. The van der Waals surface area contributed by atoms with Crippen molar-refractivity contribution < 1.29 is 0 Å². The summed E-state index contributed by atoms with van der Waals surface area (Å²) in [5, 5.41) is 4.18. The summed E-state index contributed by atoms with van der Waals surface area (Å²) in [6.07, 6.45) is 3.97. The van der Waals surface area contributed by atoms with E-state index in [-0.39, 0.29) is 0 Å². The molecule has 1 saturated carbocycles. The fourth-order valence-electron chi connectivity index (χ4n) is 2.35. The number of rotatable bonds is 4. The summed E-state index contributed by atoms with van der Waals surface area (Å²) in [5.74, 6) is 1.70. The van der Waals surface area contributed by atoms with E-state index < -0.39 is 0 Å². The van der Waals surface area contributed by atoms with E-state index in [1.54, 1.807) is 0 Å². The fraction of sp³-hybridized carbons (Fsp3) is 0.818. The molecule has 76 valence electrons. The lowest BCUT2D eigenvalue weighted by Crippen LogP contribution is -2.33. The molecule has 1 fully saturated rings. The Morgan fingerprint density at radius 2 is 2.23 bits per heavy atom. The third kappa shape index (κ3) is 2.99. The summed E-state index contributed by atoms with van der Waals surface area (Å²) >= 11 is 5.72. The largest absolute Gasteiger partial charge is 0.309 e. The van der Waals surface area contributed by atoms with Gasteiger partial charge in [0.2, 0.25) is 0 Å². The molecule has 0 spiro atoms. The summed E-state index contributed by atoms with van der Waals surface area (Å²) < 4.78 is 0. The smallest absolute Gasteiger partial charge is 0.0310 e. The highest BCUT2D eigenvalue weighted by Crippen LogP contribution is 2.33. The van der Waals surface area contributed by atoms with Crippen molar-refractivity contribution in [3.05, 3.63) is 11.6 Å². The van der Waals surface area contributed by atoms with E-state index in [1.807, 2.05) is 0 Å². The molecule has 0 aromatic heterocycles. The lowest BCUT2D eigenvalue weighted by molar-refractivity contribution is 0.352. The van der Waals surface area contributed by atoms with Crippen LogP contribution in [0.1, 0.15) is 33.1 Å². The van der Waals surface area contributed by atoms with Crippen LogP contribution in [0.2, 0.25) is 0 Å². The van der Waals surface area contributed by atoms with Crippen LogP contribution in [-0.2, 0) is 0 Å². The SMILES string of the molecule is C=C(Cl)CNC1CCC(CC)C1C. The van der Waals surface area contributed by atoms with Gasteiger partial charge in [0, 0.05) is 17.6 Å². The van der Waals surface area contributed by atoms with Gasteiger partial charge in [0.15, 0.2) is 0 Å². The van der Waals surface area contributed by atoms with Crippen molar-refractivity contribution in [1.29, 1.82) is 0 Å². The van der Waals surface area contributed by atoms with Crippen molar-refractivity contribution in [3.8, 4) is 0 Å². The Morgan fingerprint density at radius 3 is 2.69 bits per heavy atom. The van der Waals surface area contributed by atoms with Gasteiger partial charge in [-0.3, -0.25) is 0 Å². The molecule has 1 aliphatic rings. The van der Waals surface area contributed by atoms with Crippen LogP contribution in [0.3, 0.4) is 0 Å². The second-order valence-electron chi connectivity index (χ2n) is 4.11. The minimum Gasteiger partial charge on any atom is -0.309 e. The van der Waals surface area contributed by atoms with Crippen LogP contribution < -0.4 is 5.32 Å². The topological polar surface area (TPSA) is 12.0 Å². The van der Waals surface area contributed by atoms with Gasteiger partial charge in [-0.25, -0.2) is 0 Å². The maximum Gasteiger partial charge on any atom is 0.0310 e. The Morgan fingerprint density at radius 1 is 1.54 bits per heavy atom. The van der Waals surface area contributed by atoms with Gasteiger partial charge in [0.1, 0.15) is 0 Å². The van der Waals surface area contributed by atoms with E-state index in [2.05, 4.69) is 25.7 Å². The summed E-state index contributed by atoms with van der Waals surface area (Å²) in [7, 11) is 0. The molecule has 0 aliphatic heterocycles. The van der Waals surface area contributed by atoms with Crippen LogP contribution in [-0.4, -0.2) is 12.6 Å². The average Bonchev–Trinajstić information content (AvgIpc) is 2.43. The molecular weight excluding hydrogens is 182 g/mol. The highest BCUT2D eigenvalue weighted by atomic mass is 35.5. The first-order valence-electron chi connectivity index (χ1n) is 5.21. The number of hydrogen-bond acceptors (Lipinski definition) is 1. The molecule has 3 unspecified atom stereocenters. The average molecular weight is 202 g/mol. The Balaban J connectivity index is 2.32. The maximum atomic E-state index is 5.72. The van der Waals surface area contributed by atoms with Crippen LogP contribution in [0.15, 0.2) is 11.6 Å². The van der Waals surface area contributed by atoms with Gasteiger partial charge in [0.25, 0.3) is 0 Å². The predicted octanol–water partition coefficient (Wildman–Crippen LogP) is 3.15. The minimum absolute atomic E-state index is 0.653. The molecule has 1 nitrogen and oxygen atoms in total. The zero-order valence-electron chi connectivity index (χ0n) is 8.65. The lowest BCUT2D eigenvalue weighted by atomic mass is 9.93. The highest BCUT2D eigenvalue weighted by molar-refractivity contribution is 6.29. The van der Waals surface area contributed by atoms with Gasteiger partial charge < -0.3 is 5.32 Å². The monoisotopic (exact) mass is 201 g/mol. The van der Waals surface area contributed by atoms with Crippen LogP contribution in [0.4, 0.5) is 0 Å². The van der Waals surface area contributed by atoms with Crippen molar-refractivity contribution in [2.75, 3.05) is 6.54 Å². The van der Waals surface area contributed by atoms with E-state index in [0.717, 1.165) is 18.4 Å². The summed E-state index contributed by atoms with van der Waals surface area (Å²) in [5.41, 5.74) is 0. The van der Waals surface area contributed by atoms with Gasteiger partial charge in [-0.05, 0) is 24.7 Å². The van der Waals surface area contributed by atoms with E-state index in [4.69, 9.17) is 11.6 Å².